The lowest BCUT2D eigenvalue weighted by Crippen LogP contribution is -2.52. The first-order valence-electron chi connectivity index (χ1n) is 16.5. The highest BCUT2D eigenvalue weighted by Gasteiger charge is 2.28. The van der Waals surface area contributed by atoms with E-state index in [1.165, 1.54) is 50.3 Å². The molecule has 2 N–H and O–H groups in total. The Morgan fingerprint density at radius 2 is 1.70 bits per heavy atom. The molecule has 2 aromatic carbocycles. The maximum absolute atomic E-state index is 5.92. The van der Waals surface area contributed by atoms with Gasteiger partial charge in [0.2, 0.25) is 5.95 Å². The Morgan fingerprint density at radius 1 is 0.957 bits per heavy atom. The number of nitrogens with zero attached hydrogens (tertiary/aromatic N) is 8. The zero-order chi connectivity index (χ0) is 33.1. The lowest BCUT2D eigenvalue weighted by Gasteiger charge is -2.43. The van der Waals surface area contributed by atoms with Crippen molar-refractivity contribution in [2.45, 2.75) is 45.6 Å². The number of ether oxygens (including phenoxy) is 1. The quantitative estimate of drug-likeness (QED) is 0.188. The van der Waals surface area contributed by atoms with Crippen LogP contribution in [0.25, 0.3) is 11.0 Å². The number of likely N-dealkylation sites (N-methyl/N-ethyl adjacent to an activating group) is 1. The van der Waals surface area contributed by atoms with E-state index in [0.29, 0.717) is 12.0 Å². The summed E-state index contributed by atoms with van der Waals surface area (Å²) in [6.07, 6.45) is 9.78. The Bertz CT molecular complexity index is 1690. The average Bonchev–Trinajstić information content (AvgIpc) is 3.08. The molecule has 2 fully saturated rings. The van der Waals surface area contributed by atoms with Gasteiger partial charge in [-0.05, 0) is 56.5 Å². The van der Waals surface area contributed by atoms with Crippen molar-refractivity contribution in [3.05, 3.63) is 54.0 Å². The molecule has 12 heteroatoms. The maximum Gasteiger partial charge on any atom is 0.229 e. The summed E-state index contributed by atoms with van der Waals surface area (Å²) < 4.78 is 8.02. The Morgan fingerprint density at radius 3 is 2.40 bits per heavy atom. The van der Waals surface area contributed by atoms with Crippen LogP contribution in [0, 0.1) is 6.92 Å². The average molecular weight is 657 g/mol. The summed E-state index contributed by atoms with van der Waals surface area (Å²) in [7, 11) is 5.98. The molecule has 2 aliphatic rings. The number of fused-ring (bicyclic) bond motifs is 1. The molecule has 47 heavy (non-hydrogen) atoms. The lowest BCUT2D eigenvalue weighted by atomic mass is 10.0. The van der Waals surface area contributed by atoms with Crippen LogP contribution in [0.4, 0.5) is 34.5 Å². The molecular formula is C35H48N10OS. The number of aromatic nitrogens is 4. The van der Waals surface area contributed by atoms with Crippen LogP contribution in [0.5, 0.6) is 5.75 Å². The van der Waals surface area contributed by atoms with Crippen molar-refractivity contribution in [1.29, 1.82) is 0 Å². The Hall–Kier alpha value is -3.87. The number of hydrogen-bond donors (Lipinski definition) is 2. The van der Waals surface area contributed by atoms with E-state index in [0.717, 1.165) is 58.3 Å². The topological polar surface area (TPSA) is 97.8 Å². The molecule has 250 valence electrons. The predicted octanol–water partition coefficient (Wildman–Crippen LogP) is 6.28. The summed E-state index contributed by atoms with van der Waals surface area (Å²) in [4.78, 5) is 26.5. The predicted molar refractivity (Wildman–Crippen MR) is 196 cm³/mol. The minimum absolute atomic E-state index is 0.213. The number of piperazine rings is 1. The maximum atomic E-state index is 5.92. The second-order valence-electron chi connectivity index (χ2n) is 12.9. The van der Waals surface area contributed by atoms with Gasteiger partial charge in [-0.2, -0.15) is 4.98 Å². The third-order valence-electron chi connectivity index (χ3n) is 9.52. The lowest BCUT2D eigenvalue weighted by molar-refractivity contribution is 0.0982. The van der Waals surface area contributed by atoms with Crippen molar-refractivity contribution < 1.29 is 4.74 Å². The van der Waals surface area contributed by atoms with Gasteiger partial charge in [0.05, 0.1) is 29.7 Å². The zero-order valence-corrected chi connectivity index (χ0v) is 29.6. The number of nitrogens with one attached hydrogen (secondary N) is 2. The molecule has 0 spiro atoms. The van der Waals surface area contributed by atoms with Gasteiger partial charge < -0.3 is 29.5 Å². The molecule has 11 nitrogen and oxygen atoms in total. The molecule has 0 aliphatic carbocycles. The minimum Gasteiger partial charge on any atom is -0.494 e. The fourth-order valence-electron chi connectivity index (χ4n) is 6.70. The summed E-state index contributed by atoms with van der Waals surface area (Å²) >= 11 is 1.62. The molecule has 2 aromatic heterocycles. The van der Waals surface area contributed by atoms with Crippen molar-refractivity contribution in [1.82, 2.24) is 29.7 Å². The summed E-state index contributed by atoms with van der Waals surface area (Å²) in [6.45, 7) is 13.3. The van der Waals surface area contributed by atoms with Gasteiger partial charge in [-0.1, -0.05) is 25.8 Å². The summed E-state index contributed by atoms with van der Waals surface area (Å²) in [6, 6.07) is 9.02. The van der Waals surface area contributed by atoms with E-state index in [2.05, 4.69) is 79.6 Å². The summed E-state index contributed by atoms with van der Waals surface area (Å²) in [5.41, 5.74) is 7.81. The van der Waals surface area contributed by atoms with E-state index in [4.69, 9.17) is 14.7 Å². The standard InChI is InChI=1S/C35H48N10OS/c1-23(2)26-22-38-35(41-34(26)39-28-9-8-27-32(37-13-12-36-27)33(28)43(5)47-7)40-29-20-24(3)30(21-31(29)46-6)45-14-10-25(11-15-45)44-18-16-42(4)17-19-44/h8-9,12-13,20-23,25H,10-11,14-19H2,1-7H3,(H2,38,39,40,41). The number of hydrogen-bond acceptors (Lipinski definition) is 12. The van der Waals surface area contributed by atoms with Gasteiger partial charge >= 0.3 is 0 Å². The van der Waals surface area contributed by atoms with Crippen molar-refractivity contribution in [2.75, 3.05) is 86.6 Å². The number of rotatable bonds is 10. The molecule has 0 atom stereocenters. The highest BCUT2D eigenvalue weighted by Crippen LogP contribution is 2.39. The first-order valence-corrected chi connectivity index (χ1v) is 17.7. The fraction of sp³-hybridized carbons (Fsp3) is 0.486. The van der Waals surface area contributed by atoms with Gasteiger partial charge in [-0.25, -0.2) is 4.98 Å². The normalized spacial score (nSPS) is 16.6. The third-order valence-corrected chi connectivity index (χ3v) is 10.2. The largest absolute Gasteiger partial charge is 0.494 e. The van der Waals surface area contributed by atoms with Crippen LogP contribution >= 0.6 is 11.9 Å². The number of anilines is 6. The number of aryl methyl sites for hydroxylation is 1. The second kappa shape index (κ2) is 14.5. The van der Waals surface area contributed by atoms with Gasteiger partial charge in [-0.15, -0.1) is 0 Å². The minimum atomic E-state index is 0.213. The molecule has 4 heterocycles. The number of methoxy groups -OCH3 is 1. The monoisotopic (exact) mass is 656 g/mol. The highest BCUT2D eigenvalue weighted by atomic mass is 32.2. The Labute approximate surface area is 283 Å². The van der Waals surface area contributed by atoms with Gasteiger partial charge in [-0.3, -0.25) is 14.9 Å². The molecule has 6 rings (SSSR count). The number of benzene rings is 2. The van der Waals surface area contributed by atoms with Crippen LogP contribution in [0.3, 0.4) is 0 Å². The first-order chi connectivity index (χ1) is 22.7. The van der Waals surface area contributed by atoms with E-state index in [1.54, 1.807) is 31.5 Å². The molecule has 0 unspecified atom stereocenters. The smallest absolute Gasteiger partial charge is 0.229 e. The SMILES string of the molecule is COc1cc(N2CCC(N3CCN(C)CC3)CC2)c(C)cc1Nc1ncc(C(C)C)c(Nc2ccc3nccnc3c2N(C)SC)n1. The Kier molecular flexibility index (Phi) is 10.2. The van der Waals surface area contributed by atoms with Crippen molar-refractivity contribution in [2.24, 2.45) is 0 Å². The molecule has 4 aromatic rings. The molecule has 0 radical (unpaired) electrons. The molecule has 2 saturated heterocycles. The van der Waals surface area contributed by atoms with Crippen molar-refractivity contribution in [3.8, 4) is 5.75 Å². The van der Waals surface area contributed by atoms with E-state index in [-0.39, 0.29) is 5.92 Å². The molecular weight excluding hydrogens is 609 g/mol. The second-order valence-corrected chi connectivity index (χ2v) is 13.8. The summed E-state index contributed by atoms with van der Waals surface area (Å²) in [5, 5.41) is 7.09. The van der Waals surface area contributed by atoms with Gasteiger partial charge in [0.1, 0.15) is 17.1 Å². The molecule has 0 amide bonds. The number of piperidine rings is 1. The third kappa shape index (κ3) is 7.19. The molecule has 0 saturated carbocycles. The van der Waals surface area contributed by atoms with E-state index in [1.807, 2.05) is 31.6 Å². The molecule has 2 aliphatic heterocycles. The van der Waals surface area contributed by atoms with Gasteiger partial charge in [0.15, 0.2) is 0 Å². The fourth-order valence-corrected chi connectivity index (χ4v) is 7.07. The van der Waals surface area contributed by atoms with E-state index < -0.39 is 0 Å². The van der Waals surface area contributed by atoms with Crippen molar-refractivity contribution >= 4 is 57.5 Å². The Balaban J connectivity index is 1.23. The van der Waals surface area contributed by atoms with Crippen LogP contribution in [0.2, 0.25) is 0 Å². The zero-order valence-electron chi connectivity index (χ0n) is 28.7. The summed E-state index contributed by atoms with van der Waals surface area (Å²) in [5.74, 6) is 2.22. The van der Waals surface area contributed by atoms with Crippen molar-refractivity contribution in [3.63, 3.8) is 0 Å². The highest BCUT2D eigenvalue weighted by molar-refractivity contribution is 7.99. The van der Waals surface area contributed by atoms with Crippen LogP contribution in [-0.4, -0.2) is 103 Å². The van der Waals surface area contributed by atoms with Gasteiger partial charge in [0.25, 0.3) is 0 Å². The van der Waals surface area contributed by atoms with Crippen LogP contribution in [0.15, 0.2) is 42.9 Å². The van der Waals surface area contributed by atoms with Crippen LogP contribution in [-0.2, 0) is 0 Å². The van der Waals surface area contributed by atoms with E-state index >= 15 is 0 Å². The first kappa shape index (κ1) is 33.0. The van der Waals surface area contributed by atoms with E-state index in [9.17, 15) is 0 Å². The van der Waals surface area contributed by atoms with Gasteiger partial charge in [0, 0.05) is 94.5 Å². The molecule has 0 bridgehead atoms. The van der Waals surface area contributed by atoms with Crippen LogP contribution < -0.4 is 24.6 Å². The van der Waals surface area contributed by atoms with Crippen LogP contribution in [0.1, 0.15) is 43.7 Å².